The van der Waals surface area contributed by atoms with Crippen LogP contribution in [0.5, 0.6) is 5.75 Å². The summed E-state index contributed by atoms with van der Waals surface area (Å²) >= 11 is 2.70. The summed E-state index contributed by atoms with van der Waals surface area (Å²) in [6.07, 6.45) is 1.27. The maximum Gasteiger partial charge on any atom is 0.267 e. The van der Waals surface area contributed by atoms with E-state index in [1.165, 1.54) is 27.7 Å². The predicted octanol–water partition coefficient (Wildman–Crippen LogP) is 3.45. The van der Waals surface area contributed by atoms with Gasteiger partial charge in [0.05, 0.1) is 35.4 Å². The first-order chi connectivity index (χ1) is 16.7. The third kappa shape index (κ3) is 5.12. The smallest absolute Gasteiger partial charge is 0.267 e. The molecule has 0 N–H and O–H groups in total. The molecular formula is C24H29N3O5S3. The minimum Gasteiger partial charge on any atom is -0.497 e. The Balaban J connectivity index is 1.73. The molecule has 11 heteroatoms. The number of hydrogen-bond acceptors (Lipinski definition) is 8. The van der Waals surface area contributed by atoms with Crippen molar-refractivity contribution in [2.24, 2.45) is 0 Å². The number of thiophene rings is 1. The molecule has 0 radical (unpaired) electrons. The summed E-state index contributed by atoms with van der Waals surface area (Å²) in [5.41, 5.74) is 1.37. The number of aryl methyl sites for hydroxylation is 2. The van der Waals surface area contributed by atoms with Crippen molar-refractivity contribution in [1.29, 1.82) is 0 Å². The highest BCUT2D eigenvalue weighted by atomic mass is 32.2. The molecule has 188 valence electrons. The molecular weight excluding hydrogens is 506 g/mol. The van der Waals surface area contributed by atoms with Crippen LogP contribution in [0.3, 0.4) is 0 Å². The van der Waals surface area contributed by atoms with Gasteiger partial charge in [0.2, 0.25) is 5.91 Å². The van der Waals surface area contributed by atoms with E-state index in [2.05, 4.69) is 6.92 Å². The van der Waals surface area contributed by atoms with Crippen molar-refractivity contribution in [2.45, 2.75) is 44.8 Å². The van der Waals surface area contributed by atoms with E-state index >= 15 is 0 Å². The number of methoxy groups -OCH3 is 1. The fourth-order valence-corrected chi connectivity index (χ4v) is 8.28. The van der Waals surface area contributed by atoms with E-state index < -0.39 is 9.84 Å². The number of thioether (sulfide) groups is 1. The van der Waals surface area contributed by atoms with Gasteiger partial charge in [-0.2, -0.15) is 0 Å². The third-order valence-electron chi connectivity index (χ3n) is 6.30. The first-order valence-corrected chi connectivity index (χ1v) is 15.1. The molecule has 1 aliphatic rings. The fourth-order valence-electron chi connectivity index (χ4n) is 4.49. The van der Waals surface area contributed by atoms with E-state index in [0.29, 0.717) is 39.8 Å². The topological polar surface area (TPSA) is 98.6 Å². The average Bonchev–Trinajstić information content (AvgIpc) is 3.36. The highest BCUT2D eigenvalue weighted by Gasteiger charge is 2.34. The number of fused-ring (bicyclic) bond motifs is 1. The lowest BCUT2D eigenvalue weighted by atomic mass is 10.2. The number of benzene rings is 1. The van der Waals surface area contributed by atoms with Gasteiger partial charge in [-0.3, -0.25) is 14.2 Å². The Morgan fingerprint density at radius 2 is 2.11 bits per heavy atom. The van der Waals surface area contributed by atoms with E-state index in [1.54, 1.807) is 24.1 Å². The van der Waals surface area contributed by atoms with Crippen LogP contribution in [0.25, 0.3) is 15.9 Å². The van der Waals surface area contributed by atoms with Gasteiger partial charge < -0.3 is 9.64 Å². The number of amides is 1. The van der Waals surface area contributed by atoms with Gasteiger partial charge in [0.1, 0.15) is 10.6 Å². The van der Waals surface area contributed by atoms with Crippen LogP contribution in [0.2, 0.25) is 0 Å². The molecule has 0 aliphatic carbocycles. The molecule has 1 aliphatic heterocycles. The molecule has 0 spiro atoms. The number of ether oxygens (including phenoxy) is 1. The molecule has 1 aromatic carbocycles. The van der Waals surface area contributed by atoms with Crippen LogP contribution < -0.4 is 10.3 Å². The second kappa shape index (κ2) is 10.3. The summed E-state index contributed by atoms with van der Waals surface area (Å²) in [6.45, 7) is 6.28. The number of rotatable bonds is 8. The van der Waals surface area contributed by atoms with Crippen LogP contribution in [-0.2, 0) is 21.1 Å². The standard InChI is InChI=1S/C24H29N3O5S3/c1-5-19-15(3)21-22(34-19)25-24(27(23(21)29)16-8-7-9-18(12-16)32-4)33-13-20(28)26(6-2)17-10-11-35(30,31)14-17/h7-9,12,17H,5-6,10-11,13-14H2,1-4H3/t17-/m0/s1. The number of aromatic nitrogens is 2. The van der Waals surface area contributed by atoms with Gasteiger partial charge in [-0.25, -0.2) is 13.4 Å². The Bertz CT molecular complexity index is 1430. The molecule has 1 atom stereocenters. The first-order valence-electron chi connectivity index (χ1n) is 11.5. The van der Waals surface area contributed by atoms with Gasteiger partial charge in [0, 0.05) is 23.5 Å². The van der Waals surface area contributed by atoms with Crippen LogP contribution in [0.15, 0.2) is 34.2 Å². The summed E-state index contributed by atoms with van der Waals surface area (Å²) < 4.78 is 30.8. The zero-order valence-electron chi connectivity index (χ0n) is 20.2. The summed E-state index contributed by atoms with van der Waals surface area (Å²) in [7, 11) is -1.54. The molecule has 1 saturated heterocycles. The molecule has 1 amide bonds. The lowest BCUT2D eigenvalue weighted by Gasteiger charge is -2.26. The van der Waals surface area contributed by atoms with Crippen LogP contribution >= 0.6 is 23.1 Å². The predicted molar refractivity (Wildman–Crippen MR) is 141 cm³/mol. The minimum atomic E-state index is -3.10. The van der Waals surface area contributed by atoms with Crippen molar-refractivity contribution in [3.05, 3.63) is 45.1 Å². The Labute approximate surface area is 213 Å². The van der Waals surface area contributed by atoms with Gasteiger partial charge in [0.25, 0.3) is 5.56 Å². The van der Waals surface area contributed by atoms with Crippen molar-refractivity contribution < 1.29 is 17.9 Å². The van der Waals surface area contributed by atoms with Gasteiger partial charge in [-0.15, -0.1) is 11.3 Å². The second-order valence-electron chi connectivity index (χ2n) is 8.45. The molecule has 0 saturated carbocycles. The lowest BCUT2D eigenvalue weighted by Crippen LogP contribution is -2.42. The molecule has 3 heterocycles. The van der Waals surface area contributed by atoms with E-state index in [0.717, 1.165) is 16.9 Å². The van der Waals surface area contributed by atoms with Gasteiger partial charge >= 0.3 is 0 Å². The Kier molecular flexibility index (Phi) is 7.58. The van der Waals surface area contributed by atoms with Crippen molar-refractivity contribution >= 4 is 49.1 Å². The molecule has 0 unspecified atom stereocenters. The van der Waals surface area contributed by atoms with Crippen LogP contribution in [-0.4, -0.2) is 65.7 Å². The highest BCUT2D eigenvalue weighted by Crippen LogP contribution is 2.31. The summed E-state index contributed by atoms with van der Waals surface area (Å²) in [6, 6.07) is 6.89. The molecule has 2 aromatic heterocycles. The summed E-state index contributed by atoms with van der Waals surface area (Å²) in [5, 5.41) is 1.01. The SMILES string of the molecule is CCc1sc2nc(SCC(=O)N(CC)[C@H]3CCS(=O)(=O)C3)n(-c3cccc(OC)c3)c(=O)c2c1C. The third-order valence-corrected chi connectivity index (χ3v) is 10.3. The van der Waals surface area contributed by atoms with E-state index in [9.17, 15) is 18.0 Å². The van der Waals surface area contributed by atoms with Crippen molar-refractivity contribution in [3.8, 4) is 11.4 Å². The molecule has 0 bridgehead atoms. The highest BCUT2D eigenvalue weighted by molar-refractivity contribution is 7.99. The summed E-state index contributed by atoms with van der Waals surface area (Å²) in [4.78, 5) is 35.1. The molecule has 3 aromatic rings. The van der Waals surface area contributed by atoms with Crippen molar-refractivity contribution in [1.82, 2.24) is 14.5 Å². The molecule has 35 heavy (non-hydrogen) atoms. The number of nitrogens with zero attached hydrogens (tertiary/aromatic N) is 3. The number of carbonyl (C=O) groups is 1. The Hall–Kier alpha value is -2.37. The average molecular weight is 536 g/mol. The minimum absolute atomic E-state index is 0.00421. The first kappa shape index (κ1) is 25.7. The number of sulfone groups is 1. The van der Waals surface area contributed by atoms with E-state index in [-0.39, 0.29) is 34.8 Å². The monoisotopic (exact) mass is 535 g/mol. The lowest BCUT2D eigenvalue weighted by molar-refractivity contribution is -0.129. The molecule has 8 nitrogen and oxygen atoms in total. The van der Waals surface area contributed by atoms with Crippen molar-refractivity contribution in [2.75, 3.05) is 30.9 Å². The van der Waals surface area contributed by atoms with Crippen LogP contribution in [0.4, 0.5) is 0 Å². The van der Waals surface area contributed by atoms with Crippen molar-refractivity contribution in [3.63, 3.8) is 0 Å². The van der Waals surface area contributed by atoms with Crippen LogP contribution in [0, 0.1) is 6.92 Å². The number of carbonyl (C=O) groups excluding carboxylic acids is 1. The Morgan fingerprint density at radius 1 is 1.34 bits per heavy atom. The van der Waals surface area contributed by atoms with Crippen LogP contribution in [0.1, 0.15) is 30.7 Å². The summed E-state index contributed by atoms with van der Waals surface area (Å²) in [5.74, 6) is 0.612. The maximum absolute atomic E-state index is 13.7. The van der Waals surface area contributed by atoms with Gasteiger partial charge in [0.15, 0.2) is 15.0 Å². The second-order valence-corrected chi connectivity index (χ2v) is 12.7. The van der Waals surface area contributed by atoms with Gasteiger partial charge in [-0.1, -0.05) is 24.8 Å². The zero-order valence-corrected chi connectivity index (χ0v) is 22.7. The van der Waals surface area contributed by atoms with E-state index in [1.807, 2.05) is 26.0 Å². The molecule has 1 fully saturated rings. The fraction of sp³-hybridized carbons (Fsp3) is 0.458. The molecule has 4 rings (SSSR count). The zero-order chi connectivity index (χ0) is 25.3. The maximum atomic E-state index is 13.7. The van der Waals surface area contributed by atoms with E-state index in [4.69, 9.17) is 9.72 Å². The quantitative estimate of drug-likeness (QED) is 0.322. The Morgan fingerprint density at radius 3 is 2.74 bits per heavy atom. The largest absolute Gasteiger partial charge is 0.497 e. The van der Waals surface area contributed by atoms with Gasteiger partial charge in [-0.05, 0) is 44.4 Å². The number of hydrogen-bond donors (Lipinski definition) is 0. The normalized spacial score (nSPS) is 17.1.